The van der Waals surface area contributed by atoms with E-state index >= 15 is 0 Å². The van der Waals surface area contributed by atoms with E-state index < -0.39 is 23.7 Å². The fourth-order valence-electron chi connectivity index (χ4n) is 2.42. The summed E-state index contributed by atoms with van der Waals surface area (Å²) in [6.07, 6.45) is 0. The maximum Gasteiger partial charge on any atom is 0.310 e. The van der Waals surface area contributed by atoms with Crippen LogP contribution in [-0.4, -0.2) is 36.0 Å². The third-order valence-electron chi connectivity index (χ3n) is 3.88. The summed E-state index contributed by atoms with van der Waals surface area (Å²) in [7, 11) is 0. The van der Waals surface area contributed by atoms with E-state index in [0.29, 0.717) is 29.2 Å². The van der Waals surface area contributed by atoms with Crippen molar-refractivity contribution in [3.8, 4) is 5.75 Å². The van der Waals surface area contributed by atoms with E-state index in [-0.39, 0.29) is 6.54 Å². The Hall–Kier alpha value is -3.35. The van der Waals surface area contributed by atoms with E-state index in [1.807, 2.05) is 6.92 Å². The average molecular weight is 370 g/mol. The molecular weight excluding hydrogens is 348 g/mol. The molecule has 3 N–H and O–H groups in total. The van der Waals surface area contributed by atoms with E-state index in [2.05, 4.69) is 10.6 Å². The summed E-state index contributed by atoms with van der Waals surface area (Å²) in [5, 5.41) is 14.3. The Morgan fingerprint density at radius 1 is 1.11 bits per heavy atom. The molecule has 2 amide bonds. The van der Waals surface area contributed by atoms with Gasteiger partial charge in [0.1, 0.15) is 5.75 Å². The van der Waals surface area contributed by atoms with Gasteiger partial charge in [0.25, 0.3) is 5.91 Å². The van der Waals surface area contributed by atoms with Gasteiger partial charge in [0.05, 0.1) is 24.6 Å². The Balaban J connectivity index is 1.96. The van der Waals surface area contributed by atoms with Crippen LogP contribution in [0, 0.1) is 0 Å². The van der Waals surface area contributed by atoms with Gasteiger partial charge in [0.15, 0.2) is 0 Å². The maximum absolute atomic E-state index is 12.3. The molecule has 0 aromatic heterocycles. The largest absolute Gasteiger partial charge is 0.493 e. The van der Waals surface area contributed by atoms with Crippen molar-refractivity contribution in [1.29, 1.82) is 0 Å². The van der Waals surface area contributed by atoms with Gasteiger partial charge in [0, 0.05) is 5.69 Å². The second-order valence-electron chi connectivity index (χ2n) is 5.85. The lowest BCUT2D eigenvalue weighted by atomic mass is 10.0. The molecule has 0 saturated carbocycles. The van der Waals surface area contributed by atoms with Crippen LogP contribution in [0.1, 0.15) is 35.7 Å². The monoisotopic (exact) mass is 370 g/mol. The van der Waals surface area contributed by atoms with Crippen molar-refractivity contribution >= 4 is 23.5 Å². The van der Waals surface area contributed by atoms with Gasteiger partial charge in [-0.25, -0.2) is 0 Å². The van der Waals surface area contributed by atoms with Crippen LogP contribution in [0.4, 0.5) is 5.69 Å². The zero-order chi connectivity index (χ0) is 19.8. The summed E-state index contributed by atoms with van der Waals surface area (Å²) in [5.74, 6) is -2.01. The number of carboxylic acids is 1. The molecule has 0 heterocycles. The highest BCUT2D eigenvalue weighted by Gasteiger charge is 2.15. The number of anilines is 1. The van der Waals surface area contributed by atoms with Gasteiger partial charge in [0.2, 0.25) is 5.91 Å². The van der Waals surface area contributed by atoms with Gasteiger partial charge >= 0.3 is 5.97 Å². The second-order valence-corrected chi connectivity index (χ2v) is 5.85. The number of hydrogen-bond donors (Lipinski definition) is 3. The molecule has 2 aromatic carbocycles. The van der Waals surface area contributed by atoms with E-state index in [0.717, 1.165) is 0 Å². The first kappa shape index (κ1) is 20.0. The molecular formula is C20H22N2O5. The summed E-state index contributed by atoms with van der Waals surface area (Å²) >= 11 is 0. The molecule has 1 atom stereocenters. The molecule has 7 heteroatoms. The van der Waals surface area contributed by atoms with Crippen LogP contribution < -0.4 is 15.4 Å². The van der Waals surface area contributed by atoms with Gasteiger partial charge in [-0.3, -0.25) is 14.4 Å². The Labute approximate surface area is 157 Å². The third kappa shape index (κ3) is 5.57. The fourth-order valence-corrected chi connectivity index (χ4v) is 2.42. The van der Waals surface area contributed by atoms with Crippen molar-refractivity contribution in [3.05, 3.63) is 59.7 Å². The van der Waals surface area contributed by atoms with E-state index in [1.54, 1.807) is 55.5 Å². The number of rotatable bonds is 8. The summed E-state index contributed by atoms with van der Waals surface area (Å²) in [4.78, 5) is 35.5. The minimum Gasteiger partial charge on any atom is -0.493 e. The van der Waals surface area contributed by atoms with Crippen molar-refractivity contribution in [1.82, 2.24) is 5.32 Å². The number of aliphatic carboxylic acids is 1. The lowest BCUT2D eigenvalue weighted by molar-refractivity contribution is -0.138. The lowest BCUT2D eigenvalue weighted by Gasteiger charge is -2.12. The van der Waals surface area contributed by atoms with Crippen molar-refractivity contribution in [2.24, 2.45) is 0 Å². The summed E-state index contributed by atoms with van der Waals surface area (Å²) in [6, 6.07) is 13.4. The Kier molecular flexibility index (Phi) is 6.93. The molecule has 142 valence electrons. The van der Waals surface area contributed by atoms with E-state index in [4.69, 9.17) is 9.84 Å². The van der Waals surface area contributed by atoms with Crippen molar-refractivity contribution in [2.45, 2.75) is 19.8 Å². The van der Waals surface area contributed by atoms with E-state index in [1.165, 1.54) is 0 Å². The second kappa shape index (κ2) is 9.38. The number of carbonyl (C=O) groups excluding carboxylic acids is 2. The van der Waals surface area contributed by atoms with Gasteiger partial charge in [-0.2, -0.15) is 0 Å². The highest BCUT2D eigenvalue weighted by Crippen LogP contribution is 2.20. The molecule has 0 aliphatic rings. The molecule has 0 saturated heterocycles. The number of carboxylic acid groups (broad SMARTS) is 1. The molecule has 1 unspecified atom stereocenters. The van der Waals surface area contributed by atoms with Crippen molar-refractivity contribution < 1.29 is 24.2 Å². The first-order valence-corrected chi connectivity index (χ1v) is 8.55. The predicted octanol–water partition coefficient (Wildman–Crippen LogP) is 2.64. The zero-order valence-corrected chi connectivity index (χ0v) is 15.2. The zero-order valence-electron chi connectivity index (χ0n) is 15.2. The summed E-state index contributed by atoms with van der Waals surface area (Å²) in [6.45, 7) is 3.59. The topological polar surface area (TPSA) is 105 Å². The van der Waals surface area contributed by atoms with Crippen LogP contribution in [0.3, 0.4) is 0 Å². The van der Waals surface area contributed by atoms with Crippen LogP contribution in [0.15, 0.2) is 48.5 Å². The predicted molar refractivity (Wildman–Crippen MR) is 101 cm³/mol. The van der Waals surface area contributed by atoms with Crippen LogP contribution >= 0.6 is 0 Å². The SMILES string of the molecule is CCOc1ccccc1C(=O)NCC(=O)Nc1cccc(C(C)C(=O)O)c1. The van der Waals surface area contributed by atoms with E-state index in [9.17, 15) is 14.4 Å². The molecule has 0 bridgehead atoms. The minimum absolute atomic E-state index is 0.224. The number of hydrogen-bond acceptors (Lipinski definition) is 4. The van der Waals surface area contributed by atoms with Gasteiger partial charge in [-0.05, 0) is 43.7 Å². The summed E-state index contributed by atoms with van der Waals surface area (Å²) in [5.41, 5.74) is 1.40. The smallest absolute Gasteiger partial charge is 0.310 e. The highest BCUT2D eigenvalue weighted by molar-refractivity contribution is 6.00. The first-order chi connectivity index (χ1) is 12.9. The Morgan fingerprint density at radius 3 is 2.56 bits per heavy atom. The Morgan fingerprint density at radius 2 is 1.85 bits per heavy atom. The average Bonchev–Trinajstić information content (AvgIpc) is 2.66. The van der Waals surface area contributed by atoms with Crippen LogP contribution in [0.2, 0.25) is 0 Å². The van der Waals surface area contributed by atoms with Crippen LogP contribution in [-0.2, 0) is 9.59 Å². The number of ether oxygens (including phenoxy) is 1. The van der Waals surface area contributed by atoms with Crippen molar-refractivity contribution in [2.75, 3.05) is 18.5 Å². The Bertz CT molecular complexity index is 835. The molecule has 0 aliphatic heterocycles. The number of amides is 2. The number of carbonyl (C=O) groups is 3. The number of nitrogens with one attached hydrogen (secondary N) is 2. The lowest BCUT2D eigenvalue weighted by Crippen LogP contribution is -2.33. The van der Waals surface area contributed by atoms with Gasteiger partial charge < -0.3 is 20.5 Å². The molecule has 0 spiro atoms. The number of para-hydroxylation sites is 1. The molecule has 2 aromatic rings. The van der Waals surface area contributed by atoms with Crippen molar-refractivity contribution in [3.63, 3.8) is 0 Å². The third-order valence-corrected chi connectivity index (χ3v) is 3.88. The maximum atomic E-state index is 12.3. The quantitative estimate of drug-likeness (QED) is 0.663. The number of benzene rings is 2. The molecule has 0 fully saturated rings. The fraction of sp³-hybridized carbons (Fsp3) is 0.250. The summed E-state index contributed by atoms with van der Waals surface area (Å²) < 4.78 is 5.41. The van der Waals surface area contributed by atoms with Gasteiger partial charge in [-0.1, -0.05) is 24.3 Å². The minimum atomic E-state index is -0.946. The van der Waals surface area contributed by atoms with Crippen LogP contribution in [0.5, 0.6) is 5.75 Å². The highest BCUT2D eigenvalue weighted by atomic mass is 16.5. The van der Waals surface area contributed by atoms with Gasteiger partial charge in [-0.15, -0.1) is 0 Å². The molecule has 2 rings (SSSR count). The standard InChI is InChI=1S/C20H22N2O5/c1-3-27-17-10-5-4-9-16(17)19(24)21-12-18(23)22-15-8-6-7-14(11-15)13(2)20(25)26/h4-11,13H,3,12H2,1-2H3,(H,21,24)(H,22,23)(H,25,26). The first-order valence-electron chi connectivity index (χ1n) is 8.55. The van der Waals surface area contributed by atoms with Crippen LogP contribution in [0.25, 0.3) is 0 Å². The molecule has 0 radical (unpaired) electrons. The molecule has 7 nitrogen and oxygen atoms in total. The molecule has 27 heavy (non-hydrogen) atoms. The normalized spacial score (nSPS) is 11.3. The molecule has 0 aliphatic carbocycles.